The van der Waals surface area contributed by atoms with Crippen LogP contribution in [0.4, 0.5) is 10.5 Å². The lowest BCUT2D eigenvalue weighted by molar-refractivity contribution is -0.115. The zero-order valence-corrected chi connectivity index (χ0v) is 16.2. The quantitative estimate of drug-likeness (QED) is 0.738. The number of thioether (sulfide) groups is 1. The predicted molar refractivity (Wildman–Crippen MR) is 109 cm³/mol. The Kier molecular flexibility index (Phi) is 5.18. The van der Waals surface area contributed by atoms with Crippen molar-refractivity contribution in [3.8, 4) is 11.1 Å². The van der Waals surface area contributed by atoms with E-state index in [4.69, 9.17) is 0 Å². The molecule has 1 saturated heterocycles. The minimum atomic E-state index is -0.325. The van der Waals surface area contributed by atoms with Crippen LogP contribution in [0.5, 0.6) is 0 Å². The summed E-state index contributed by atoms with van der Waals surface area (Å²) in [7, 11) is 0. The van der Waals surface area contributed by atoms with Gasteiger partial charge in [0.2, 0.25) is 0 Å². The molecule has 26 heavy (non-hydrogen) atoms. The number of hydrogen-bond donors (Lipinski definition) is 2. The Morgan fingerprint density at radius 2 is 1.73 bits per heavy atom. The summed E-state index contributed by atoms with van der Waals surface area (Å²) in [5.41, 5.74) is 6.57. The second kappa shape index (κ2) is 7.38. The highest BCUT2D eigenvalue weighted by molar-refractivity contribution is 8.18. The van der Waals surface area contributed by atoms with Gasteiger partial charge in [0.05, 0.1) is 4.91 Å². The zero-order valence-electron chi connectivity index (χ0n) is 15.3. The van der Waals surface area contributed by atoms with Crippen LogP contribution < -0.4 is 10.6 Å². The summed E-state index contributed by atoms with van der Waals surface area (Å²) in [6.45, 7) is 8.31. The van der Waals surface area contributed by atoms with Crippen LogP contribution in [-0.4, -0.2) is 17.2 Å². The van der Waals surface area contributed by atoms with E-state index in [1.165, 1.54) is 5.56 Å². The standard InChI is InChI=1S/C21H22N2O2S/c1-12(2)22-17-7-5-15(6-8-17)18-10-13(3)16(9-14(18)4)11-19-20(24)23-21(25)26-19/h5-12,22H,1-4H3,(H,23,24,25)/b19-11-. The lowest BCUT2D eigenvalue weighted by atomic mass is 9.94. The smallest absolute Gasteiger partial charge is 0.290 e. The van der Waals surface area contributed by atoms with Gasteiger partial charge in [-0.05, 0) is 85.5 Å². The number of hydrogen-bond acceptors (Lipinski definition) is 4. The third-order valence-corrected chi connectivity index (χ3v) is 5.00. The van der Waals surface area contributed by atoms with Crippen LogP contribution in [0.2, 0.25) is 0 Å². The highest BCUT2D eigenvalue weighted by Gasteiger charge is 2.25. The third-order valence-electron chi connectivity index (χ3n) is 4.19. The molecule has 5 heteroatoms. The van der Waals surface area contributed by atoms with E-state index >= 15 is 0 Å². The van der Waals surface area contributed by atoms with E-state index in [1.807, 2.05) is 6.92 Å². The molecule has 0 atom stereocenters. The Bertz CT molecular complexity index is 899. The number of imide groups is 1. The van der Waals surface area contributed by atoms with Gasteiger partial charge in [0.15, 0.2) is 0 Å². The van der Waals surface area contributed by atoms with Gasteiger partial charge in [0.1, 0.15) is 0 Å². The molecule has 0 spiro atoms. The van der Waals surface area contributed by atoms with E-state index in [1.54, 1.807) is 6.08 Å². The van der Waals surface area contributed by atoms with Gasteiger partial charge in [-0.3, -0.25) is 14.9 Å². The molecule has 0 unspecified atom stereocenters. The van der Waals surface area contributed by atoms with Crippen molar-refractivity contribution in [3.63, 3.8) is 0 Å². The molecule has 2 aromatic rings. The Hall–Kier alpha value is -2.53. The Morgan fingerprint density at radius 3 is 2.31 bits per heavy atom. The SMILES string of the molecule is Cc1cc(-c2ccc(NC(C)C)cc2)c(C)cc1/C=C1\SC(=O)NC1=O. The molecule has 1 fully saturated rings. The van der Waals surface area contributed by atoms with E-state index in [0.29, 0.717) is 10.9 Å². The number of aryl methyl sites for hydroxylation is 2. The molecule has 1 aliphatic rings. The molecule has 2 aromatic carbocycles. The molecule has 0 radical (unpaired) electrons. The molecule has 0 saturated carbocycles. The Labute approximate surface area is 158 Å². The Morgan fingerprint density at radius 1 is 1.04 bits per heavy atom. The van der Waals surface area contributed by atoms with Gasteiger partial charge < -0.3 is 5.32 Å². The minimum absolute atomic E-state index is 0.317. The topological polar surface area (TPSA) is 58.2 Å². The molecule has 1 aliphatic heterocycles. The van der Waals surface area contributed by atoms with Crippen molar-refractivity contribution in [2.24, 2.45) is 0 Å². The van der Waals surface area contributed by atoms with Gasteiger partial charge in [-0.2, -0.15) is 0 Å². The monoisotopic (exact) mass is 366 g/mol. The maximum absolute atomic E-state index is 11.8. The Balaban J connectivity index is 1.91. The molecule has 0 aliphatic carbocycles. The van der Waals surface area contributed by atoms with Crippen molar-refractivity contribution in [1.29, 1.82) is 0 Å². The van der Waals surface area contributed by atoms with Gasteiger partial charge in [-0.1, -0.05) is 24.3 Å². The first-order valence-corrected chi connectivity index (χ1v) is 9.38. The van der Waals surface area contributed by atoms with Gasteiger partial charge in [0, 0.05) is 11.7 Å². The fourth-order valence-electron chi connectivity index (χ4n) is 2.95. The van der Waals surface area contributed by atoms with Crippen molar-refractivity contribution >= 4 is 34.7 Å². The molecule has 4 nitrogen and oxygen atoms in total. The van der Waals surface area contributed by atoms with Crippen LogP contribution in [0.25, 0.3) is 17.2 Å². The van der Waals surface area contributed by atoms with Crippen LogP contribution in [-0.2, 0) is 4.79 Å². The fourth-order valence-corrected chi connectivity index (χ4v) is 3.62. The summed E-state index contributed by atoms with van der Waals surface area (Å²) in [5, 5.41) is 5.36. The number of benzene rings is 2. The highest BCUT2D eigenvalue weighted by atomic mass is 32.2. The van der Waals surface area contributed by atoms with Crippen LogP contribution in [0.15, 0.2) is 41.3 Å². The summed E-state index contributed by atoms with van der Waals surface area (Å²) in [6, 6.07) is 13.0. The van der Waals surface area contributed by atoms with Gasteiger partial charge in [-0.25, -0.2) is 0 Å². The van der Waals surface area contributed by atoms with E-state index in [9.17, 15) is 9.59 Å². The maximum Gasteiger partial charge on any atom is 0.290 e. The third kappa shape index (κ3) is 3.99. The number of rotatable bonds is 4. The minimum Gasteiger partial charge on any atom is -0.383 e. The molecular formula is C21H22N2O2S. The van der Waals surface area contributed by atoms with Crippen molar-refractivity contribution in [2.45, 2.75) is 33.7 Å². The first-order chi connectivity index (χ1) is 12.3. The summed E-state index contributed by atoms with van der Waals surface area (Å²) in [6.07, 6.45) is 1.78. The number of carbonyl (C=O) groups is 2. The van der Waals surface area contributed by atoms with Crippen molar-refractivity contribution in [1.82, 2.24) is 5.32 Å². The summed E-state index contributed by atoms with van der Waals surface area (Å²) < 4.78 is 0. The van der Waals surface area contributed by atoms with Crippen molar-refractivity contribution in [3.05, 3.63) is 58.0 Å². The zero-order chi connectivity index (χ0) is 18.8. The lowest BCUT2D eigenvalue weighted by Gasteiger charge is -2.13. The second-order valence-corrected chi connectivity index (χ2v) is 7.77. The van der Waals surface area contributed by atoms with Crippen molar-refractivity contribution < 1.29 is 9.59 Å². The van der Waals surface area contributed by atoms with Crippen LogP contribution in [0.3, 0.4) is 0 Å². The second-order valence-electron chi connectivity index (χ2n) is 6.75. The lowest BCUT2D eigenvalue weighted by Crippen LogP contribution is -2.17. The van der Waals surface area contributed by atoms with Crippen LogP contribution in [0, 0.1) is 13.8 Å². The van der Waals surface area contributed by atoms with E-state index < -0.39 is 0 Å². The molecule has 2 amide bonds. The number of anilines is 1. The average molecular weight is 366 g/mol. The van der Waals surface area contributed by atoms with E-state index in [2.05, 4.69) is 67.8 Å². The number of carbonyl (C=O) groups excluding carboxylic acids is 2. The first-order valence-electron chi connectivity index (χ1n) is 8.56. The molecule has 0 aromatic heterocycles. The molecule has 1 heterocycles. The van der Waals surface area contributed by atoms with E-state index in [0.717, 1.165) is 39.7 Å². The molecule has 134 valence electrons. The summed E-state index contributed by atoms with van der Waals surface area (Å²) in [5.74, 6) is -0.325. The number of amides is 2. The molecule has 3 rings (SSSR count). The highest BCUT2D eigenvalue weighted by Crippen LogP contribution is 2.31. The van der Waals surface area contributed by atoms with Crippen molar-refractivity contribution in [2.75, 3.05) is 5.32 Å². The molecular weight excluding hydrogens is 344 g/mol. The maximum atomic E-state index is 11.8. The predicted octanol–water partition coefficient (Wildman–Crippen LogP) is 5.11. The van der Waals surface area contributed by atoms with Crippen LogP contribution >= 0.6 is 11.8 Å². The van der Waals surface area contributed by atoms with Gasteiger partial charge in [0.25, 0.3) is 11.1 Å². The van der Waals surface area contributed by atoms with Crippen LogP contribution in [0.1, 0.15) is 30.5 Å². The first kappa shape index (κ1) is 18.3. The average Bonchev–Trinajstić information content (AvgIpc) is 2.88. The molecule has 0 bridgehead atoms. The largest absolute Gasteiger partial charge is 0.383 e. The fraction of sp³-hybridized carbons (Fsp3) is 0.238. The summed E-state index contributed by atoms with van der Waals surface area (Å²) >= 11 is 0.945. The van der Waals surface area contributed by atoms with Gasteiger partial charge in [-0.15, -0.1) is 0 Å². The van der Waals surface area contributed by atoms with Gasteiger partial charge >= 0.3 is 0 Å². The molecule has 2 N–H and O–H groups in total. The summed E-state index contributed by atoms with van der Waals surface area (Å²) in [4.78, 5) is 23.5. The van der Waals surface area contributed by atoms with E-state index in [-0.39, 0.29) is 11.1 Å². The number of nitrogens with one attached hydrogen (secondary N) is 2. The normalized spacial score (nSPS) is 15.7.